The van der Waals surface area contributed by atoms with Gasteiger partial charge in [0.2, 0.25) is 0 Å². The van der Waals surface area contributed by atoms with Crippen LogP contribution in [-0.4, -0.2) is 38.0 Å². The fraction of sp³-hybridized carbons (Fsp3) is 0.136. The number of ether oxygens (including phenoxy) is 2. The van der Waals surface area contributed by atoms with Crippen LogP contribution >= 0.6 is 0 Å². The Bertz CT molecular complexity index is 1050. The van der Waals surface area contributed by atoms with Crippen LogP contribution in [0.15, 0.2) is 66.7 Å². The van der Waals surface area contributed by atoms with Crippen molar-refractivity contribution >= 4 is 34.2 Å². The number of para-hydroxylation sites is 1. The zero-order valence-corrected chi connectivity index (χ0v) is 15.8. The van der Waals surface area contributed by atoms with E-state index in [4.69, 9.17) is 9.47 Å². The van der Waals surface area contributed by atoms with Gasteiger partial charge in [-0.05, 0) is 35.0 Å². The first-order valence-electron chi connectivity index (χ1n) is 8.92. The van der Waals surface area contributed by atoms with Crippen molar-refractivity contribution in [1.82, 2.24) is 5.32 Å². The number of hydrogen-bond donors (Lipinski definition) is 2. The predicted molar refractivity (Wildman–Crippen MR) is 109 cm³/mol. The van der Waals surface area contributed by atoms with Crippen molar-refractivity contribution in [2.75, 3.05) is 25.6 Å². The maximum absolute atomic E-state index is 12.1. The largest absolute Gasteiger partial charge is 0.496 e. The first kappa shape index (κ1) is 19.9. The van der Waals surface area contributed by atoms with Gasteiger partial charge in [0.1, 0.15) is 12.3 Å². The molecule has 0 aliphatic rings. The average molecular weight is 392 g/mol. The van der Waals surface area contributed by atoms with Gasteiger partial charge >= 0.3 is 5.97 Å². The lowest BCUT2D eigenvalue weighted by Gasteiger charge is -2.10. The highest BCUT2D eigenvalue weighted by Crippen LogP contribution is 2.19. The SMILES string of the molecule is COc1ccccc1C(=O)NCC(=O)OCC(=O)Nc1ccc2ccccc2c1. The van der Waals surface area contributed by atoms with Gasteiger partial charge in [0.05, 0.1) is 12.7 Å². The van der Waals surface area contributed by atoms with E-state index in [9.17, 15) is 14.4 Å². The molecule has 3 aromatic carbocycles. The van der Waals surface area contributed by atoms with Gasteiger partial charge < -0.3 is 20.1 Å². The molecule has 148 valence electrons. The number of amides is 2. The second kappa shape index (κ2) is 9.36. The molecular weight excluding hydrogens is 372 g/mol. The summed E-state index contributed by atoms with van der Waals surface area (Å²) >= 11 is 0. The third-order valence-electron chi connectivity index (χ3n) is 4.14. The zero-order chi connectivity index (χ0) is 20.6. The van der Waals surface area contributed by atoms with Crippen molar-refractivity contribution in [1.29, 1.82) is 0 Å². The fourth-order valence-electron chi connectivity index (χ4n) is 2.74. The van der Waals surface area contributed by atoms with E-state index in [1.807, 2.05) is 36.4 Å². The number of hydrogen-bond acceptors (Lipinski definition) is 5. The molecule has 0 aliphatic carbocycles. The maximum atomic E-state index is 12.1. The minimum atomic E-state index is -0.720. The molecule has 0 heterocycles. The minimum Gasteiger partial charge on any atom is -0.496 e. The Kier molecular flexibility index (Phi) is 6.42. The maximum Gasteiger partial charge on any atom is 0.325 e. The van der Waals surface area contributed by atoms with Gasteiger partial charge in [-0.3, -0.25) is 14.4 Å². The molecule has 29 heavy (non-hydrogen) atoms. The summed E-state index contributed by atoms with van der Waals surface area (Å²) in [5, 5.41) is 7.16. The first-order valence-corrected chi connectivity index (χ1v) is 8.92. The quantitative estimate of drug-likeness (QED) is 0.603. The Labute approximate surface area is 167 Å². The van der Waals surface area contributed by atoms with E-state index in [0.717, 1.165) is 10.8 Å². The van der Waals surface area contributed by atoms with Gasteiger partial charge in [-0.25, -0.2) is 0 Å². The summed E-state index contributed by atoms with van der Waals surface area (Å²) in [6.45, 7) is -0.809. The Morgan fingerprint density at radius 3 is 2.41 bits per heavy atom. The van der Waals surface area contributed by atoms with Crippen LogP contribution in [0.4, 0.5) is 5.69 Å². The van der Waals surface area contributed by atoms with Crippen LogP contribution in [0.1, 0.15) is 10.4 Å². The number of anilines is 1. The predicted octanol–water partition coefficient (Wildman–Crippen LogP) is 2.76. The molecule has 3 rings (SSSR count). The van der Waals surface area contributed by atoms with E-state index >= 15 is 0 Å². The molecule has 3 aromatic rings. The summed E-state index contributed by atoms with van der Waals surface area (Å²) in [5.74, 6) is -1.26. The van der Waals surface area contributed by atoms with Gasteiger partial charge in [-0.1, -0.05) is 42.5 Å². The molecule has 0 aromatic heterocycles. The van der Waals surface area contributed by atoms with Gasteiger partial charge in [0.15, 0.2) is 6.61 Å². The van der Waals surface area contributed by atoms with Crippen LogP contribution in [0, 0.1) is 0 Å². The van der Waals surface area contributed by atoms with Crippen LogP contribution in [-0.2, 0) is 14.3 Å². The number of fused-ring (bicyclic) bond motifs is 1. The normalized spacial score (nSPS) is 10.2. The number of esters is 1. The van der Waals surface area contributed by atoms with Gasteiger partial charge in [-0.2, -0.15) is 0 Å². The van der Waals surface area contributed by atoms with Gasteiger partial charge in [0.25, 0.3) is 11.8 Å². The molecule has 0 aliphatic heterocycles. The van der Waals surface area contributed by atoms with Gasteiger partial charge in [-0.15, -0.1) is 0 Å². The van der Waals surface area contributed by atoms with E-state index in [1.165, 1.54) is 7.11 Å². The second-order valence-electron chi connectivity index (χ2n) is 6.15. The third-order valence-corrected chi connectivity index (χ3v) is 4.14. The lowest BCUT2D eigenvalue weighted by Crippen LogP contribution is -2.32. The Hall–Kier alpha value is -3.87. The molecule has 0 saturated carbocycles. The topological polar surface area (TPSA) is 93.7 Å². The van der Waals surface area contributed by atoms with Crippen LogP contribution in [0.3, 0.4) is 0 Å². The van der Waals surface area contributed by atoms with E-state index < -0.39 is 24.4 Å². The molecule has 2 N–H and O–H groups in total. The number of carbonyl (C=O) groups is 3. The molecule has 0 fully saturated rings. The highest BCUT2D eigenvalue weighted by atomic mass is 16.5. The van der Waals surface area contributed by atoms with E-state index in [-0.39, 0.29) is 6.54 Å². The summed E-state index contributed by atoms with van der Waals surface area (Å²) < 4.78 is 10.0. The summed E-state index contributed by atoms with van der Waals surface area (Å²) in [7, 11) is 1.45. The highest BCUT2D eigenvalue weighted by molar-refractivity contribution is 5.99. The monoisotopic (exact) mass is 392 g/mol. The lowest BCUT2D eigenvalue weighted by molar-refractivity contribution is -0.146. The number of rotatable bonds is 7. The van der Waals surface area contributed by atoms with Gasteiger partial charge in [0, 0.05) is 5.69 Å². The van der Waals surface area contributed by atoms with Crippen molar-refractivity contribution in [2.45, 2.75) is 0 Å². The molecule has 2 amide bonds. The Balaban J connectivity index is 1.46. The first-order chi connectivity index (χ1) is 14.1. The van der Waals surface area contributed by atoms with E-state index in [1.54, 1.807) is 30.3 Å². The molecule has 0 spiro atoms. The molecule has 0 atom stereocenters. The summed E-state index contributed by atoms with van der Waals surface area (Å²) in [6, 6.07) is 19.9. The van der Waals surface area contributed by atoms with Crippen LogP contribution in [0.5, 0.6) is 5.75 Å². The molecule has 0 bridgehead atoms. The Morgan fingerprint density at radius 2 is 1.62 bits per heavy atom. The zero-order valence-electron chi connectivity index (χ0n) is 15.8. The second-order valence-corrected chi connectivity index (χ2v) is 6.15. The summed E-state index contributed by atoms with van der Waals surface area (Å²) in [6.07, 6.45) is 0. The third kappa shape index (κ3) is 5.32. The average Bonchev–Trinajstić information content (AvgIpc) is 2.75. The highest BCUT2D eigenvalue weighted by Gasteiger charge is 2.14. The molecular formula is C22H20N2O5. The van der Waals surface area contributed by atoms with Crippen molar-refractivity contribution in [2.24, 2.45) is 0 Å². The number of carbonyl (C=O) groups excluding carboxylic acids is 3. The molecule has 0 radical (unpaired) electrons. The summed E-state index contributed by atoms with van der Waals surface area (Å²) in [4.78, 5) is 36.0. The number of methoxy groups -OCH3 is 1. The van der Waals surface area contributed by atoms with Crippen molar-refractivity contribution in [3.8, 4) is 5.75 Å². The minimum absolute atomic E-state index is 0.303. The molecule has 0 saturated heterocycles. The van der Waals surface area contributed by atoms with Crippen molar-refractivity contribution < 1.29 is 23.9 Å². The molecule has 0 unspecified atom stereocenters. The number of nitrogens with one attached hydrogen (secondary N) is 2. The lowest BCUT2D eigenvalue weighted by atomic mass is 10.1. The fourth-order valence-corrected chi connectivity index (χ4v) is 2.74. The smallest absolute Gasteiger partial charge is 0.325 e. The Morgan fingerprint density at radius 1 is 0.897 bits per heavy atom. The van der Waals surface area contributed by atoms with E-state index in [0.29, 0.717) is 17.0 Å². The van der Waals surface area contributed by atoms with Crippen LogP contribution in [0.25, 0.3) is 10.8 Å². The van der Waals surface area contributed by atoms with E-state index in [2.05, 4.69) is 10.6 Å². The standard InChI is InChI=1S/C22H20N2O5/c1-28-19-9-5-4-8-18(19)22(27)23-13-21(26)29-14-20(25)24-17-11-10-15-6-2-3-7-16(15)12-17/h2-12H,13-14H2,1H3,(H,23,27)(H,24,25). The molecule has 7 nitrogen and oxygen atoms in total. The van der Waals surface area contributed by atoms with Crippen LogP contribution < -0.4 is 15.4 Å². The number of benzene rings is 3. The van der Waals surface area contributed by atoms with Crippen molar-refractivity contribution in [3.63, 3.8) is 0 Å². The molecule has 7 heteroatoms. The van der Waals surface area contributed by atoms with Crippen LogP contribution in [0.2, 0.25) is 0 Å². The summed E-state index contributed by atoms with van der Waals surface area (Å²) in [5.41, 5.74) is 0.908. The van der Waals surface area contributed by atoms with Crippen molar-refractivity contribution in [3.05, 3.63) is 72.3 Å².